The molecule has 2 aromatic rings. The topological polar surface area (TPSA) is 89.7 Å². The van der Waals surface area contributed by atoms with Crippen LogP contribution in [-0.4, -0.2) is 38.3 Å². The molecule has 1 aliphatic rings. The van der Waals surface area contributed by atoms with Crippen LogP contribution in [0.3, 0.4) is 0 Å². The molecule has 0 spiro atoms. The van der Waals surface area contributed by atoms with E-state index < -0.39 is 21.3 Å². The maximum Gasteiger partial charge on any atom is 0.244 e. The van der Waals surface area contributed by atoms with Gasteiger partial charge in [0.25, 0.3) is 0 Å². The first-order chi connectivity index (χ1) is 14.1. The van der Waals surface area contributed by atoms with Crippen molar-refractivity contribution in [2.75, 3.05) is 19.7 Å². The number of carbonyl (C=O) groups excluding carboxylic acids is 1. The molecule has 1 fully saturated rings. The number of hydrogen-bond donors (Lipinski definition) is 1. The number of carbonyl (C=O) groups is 1. The Bertz CT molecular complexity index is 1030. The number of hydrogen-bond acceptors (Lipinski definition) is 4. The Morgan fingerprint density at radius 2 is 1.77 bits per heavy atom. The minimum absolute atomic E-state index is 0.00408. The van der Waals surface area contributed by atoms with Crippen molar-refractivity contribution in [1.82, 2.24) is 4.31 Å². The van der Waals surface area contributed by atoms with Gasteiger partial charge in [-0.3, -0.25) is 4.79 Å². The molecule has 1 saturated heterocycles. The zero-order chi connectivity index (χ0) is 21.9. The van der Waals surface area contributed by atoms with Gasteiger partial charge in [-0.1, -0.05) is 34.8 Å². The second kappa shape index (κ2) is 9.32. The first-order valence-electron chi connectivity index (χ1n) is 9.23. The largest absolute Gasteiger partial charge is 0.493 e. The number of piperidine rings is 1. The Labute approximate surface area is 190 Å². The molecular weight excluding hydrogens is 471 g/mol. The third kappa shape index (κ3) is 5.39. The number of benzene rings is 2. The summed E-state index contributed by atoms with van der Waals surface area (Å²) in [6.45, 7) is 0.508. The number of sulfonamides is 1. The zero-order valence-electron chi connectivity index (χ0n) is 16.0. The van der Waals surface area contributed by atoms with E-state index in [-0.39, 0.29) is 34.5 Å². The second-order valence-electron chi connectivity index (χ2n) is 7.40. The summed E-state index contributed by atoms with van der Waals surface area (Å²) in [5.74, 6) is 0.0517. The molecule has 0 aliphatic carbocycles. The number of primary amides is 1. The van der Waals surface area contributed by atoms with Crippen LogP contribution in [0.25, 0.3) is 0 Å². The molecule has 0 aromatic heterocycles. The van der Waals surface area contributed by atoms with Crippen LogP contribution in [0.1, 0.15) is 19.3 Å². The Morgan fingerprint density at radius 1 is 1.10 bits per heavy atom. The molecule has 1 heterocycles. The lowest BCUT2D eigenvalue weighted by Gasteiger charge is -2.41. The van der Waals surface area contributed by atoms with Crippen molar-refractivity contribution in [2.45, 2.75) is 24.2 Å². The molecule has 0 unspecified atom stereocenters. The number of amides is 1. The van der Waals surface area contributed by atoms with Gasteiger partial charge >= 0.3 is 0 Å². The van der Waals surface area contributed by atoms with Crippen molar-refractivity contribution < 1.29 is 17.9 Å². The summed E-state index contributed by atoms with van der Waals surface area (Å²) in [7, 11) is -3.92. The normalized spacial score (nSPS) is 20.1. The number of rotatable bonds is 7. The lowest BCUT2D eigenvalue weighted by molar-refractivity contribution is -0.121. The predicted octanol–water partition coefficient (Wildman–Crippen LogP) is 4.37. The number of nitrogens with zero attached hydrogens (tertiary/aromatic N) is 1. The molecule has 0 saturated carbocycles. The van der Waals surface area contributed by atoms with Crippen molar-refractivity contribution in [3.8, 4) is 5.75 Å². The molecule has 1 amide bonds. The molecule has 2 aromatic carbocycles. The maximum absolute atomic E-state index is 13.3. The summed E-state index contributed by atoms with van der Waals surface area (Å²) >= 11 is 18.0. The van der Waals surface area contributed by atoms with E-state index in [4.69, 9.17) is 45.3 Å². The van der Waals surface area contributed by atoms with Crippen molar-refractivity contribution in [3.05, 3.63) is 57.5 Å². The summed E-state index contributed by atoms with van der Waals surface area (Å²) in [6, 6.07) is 11.1. The van der Waals surface area contributed by atoms with Crippen LogP contribution < -0.4 is 10.5 Å². The molecular formula is C20H21Cl3N2O4S. The fraction of sp³-hybridized carbons (Fsp3) is 0.350. The van der Waals surface area contributed by atoms with Gasteiger partial charge < -0.3 is 10.5 Å². The quantitative estimate of drug-likeness (QED) is 0.623. The van der Waals surface area contributed by atoms with Crippen LogP contribution in [-0.2, 0) is 14.8 Å². The highest BCUT2D eigenvalue weighted by Gasteiger charge is 2.42. The van der Waals surface area contributed by atoms with E-state index in [9.17, 15) is 13.2 Å². The molecule has 1 atom stereocenters. The molecule has 2 N–H and O–H groups in total. The lowest BCUT2D eigenvalue weighted by atomic mass is 9.78. The Hall–Kier alpha value is -1.51. The molecule has 0 radical (unpaired) electrons. The fourth-order valence-corrected chi connectivity index (χ4v) is 6.09. The van der Waals surface area contributed by atoms with Crippen molar-refractivity contribution >= 4 is 50.7 Å². The Kier molecular flexibility index (Phi) is 7.20. The van der Waals surface area contributed by atoms with E-state index in [2.05, 4.69) is 0 Å². The number of halogens is 3. The first kappa shape index (κ1) is 23.2. The highest BCUT2D eigenvalue weighted by Crippen LogP contribution is 2.38. The van der Waals surface area contributed by atoms with Gasteiger partial charge in [0, 0.05) is 35.0 Å². The smallest absolute Gasteiger partial charge is 0.244 e. The SMILES string of the molecule is NC(=O)C[C@]1(COc2ccc(Cl)cc2)CCCN(S(=O)(=O)c2cc(Cl)ccc2Cl)C1. The first-order valence-corrected chi connectivity index (χ1v) is 11.8. The minimum atomic E-state index is -3.92. The molecule has 30 heavy (non-hydrogen) atoms. The highest BCUT2D eigenvalue weighted by atomic mass is 35.5. The van der Waals surface area contributed by atoms with Crippen molar-refractivity contribution in [1.29, 1.82) is 0 Å². The molecule has 6 nitrogen and oxygen atoms in total. The van der Waals surface area contributed by atoms with E-state index in [1.807, 2.05) is 0 Å². The molecule has 10 heteroatoms. The molecule has 0 bridgehead atoms. The summed E-state index contributed by atoms with van der Waals surface area (Å²) in [5.41, 5.74) is 4.73. The predicted molar refractivity (Wildman–Crippen MR) is 118 cm³/mol. The second-order valence-corrected chi connectivity index (χ2v) is 10.6. The van der Waals surface area contributed by atoms with Gasteiger partial charge in [-0.25, -0.2) is 8.42 Å². The van der Waals surface area contributed by atoms with Gasteiger partial charge in [0.1, 0.15) is 10.6 Å². The van der Waals surface area contributed by atoms with E-state index >= 15 is 0 Å². The summed E-state index contributed by atoms with van der Waals surface area (Å²) < 4.78 is 33.7. The van der Waals surface area contributed by atoms with Gasteiger partial charge in [-0.2, -0.15) is 4.31 Å². The lowest BCUT2D eigenvalue weighted by Crippen LogP contribution is -2.50. The zero-order valence-corrected chi connectivity index (χ0v) is 19.1. The van der Waals surface area contributed by atoms with Crippen LogP contribution in [0.15, 0.2) is 47.4 Å². The molecule has 162 valence electrons. The number of nitrogens with two attached hydrogens (primary N) is 1. The average molecular weight is 492 g/mol. The summed E-state index contributed by atoms with van der Waals surface area (Å²) in [6.07, 6.45) is 1.14. The van der Waals surface area contributed by atoms with E-state index in [0.717, 1.165) is 0 Å². The van der Waals surface area contributed by atoms with Crippen molar-refractivity contribution in [2.24, 2.45) is 11.1 Å². The maximum atomic E-state index is 13.3. The summed E-state index contributed by atoms with van der Waals surface area (Å²) in [4.78, 5) is 11.7. The Balaban J connectivity index is 1.86. The van der Waals surface area contributed by atoms with Crippen LogP contribution in [0, 0.1) is 5.41 Å². The molecule has 3 rings (SSSR count). The average Bonchev–Trinajstić information content (AvgIpc) is 2.69. The van der Waals surface area contributed by atoms with Gasteiger partial charge in [-0.15, -0.1) is 0 Å². The summed E-state index contributed by atoms with van der Waals surface area (Å²) in [5, 5.41) is 0.926. The number of ether oxygens (including phenoxy) is 1. The minimum Gasteiger partial charge on any atom is -0.493 e. The van der Waals surface area contributed by atoms with Crippen LogP contribution >= 0.6 is 34.8 Å². The van der Waals surface area contributed by atoms with Gasteiger partial charge in [0.05, 0.1) is 11.6 Å². The standard InChI is InChI=1S/C20H21Cl3N2O4S/c21-14-2-5-16(6-3-14)29-13-20(11-19(24)26)8-1-9-25(12-20)30(27,28)18-10-15(22)4-7-17(18)23/h2-7,10H,1,8-9,11-13H2,(H2,24,26)/t20-/m1/s1. The third-order valence-electron chi connectivity index (χ3n) is 5.05. The van der Waals surface area contributed by atoms with Gasteiger partial charge in [-0.05, 0) is 55.3 Å². The van der Waals surface area contributed by atoms with Crippen LogP contribution in [0.5, 0.6) is 5.75 Å². The third-order valence-corrected chi connectivity index (χ3v) is 7.86. The molecule has 1 aliphatic heterocycles. The van der Waals surface area contributed by atoms with E-state index in [1.165, 1.54) is 22.5 Å². The fourth-order valence-electron chi connectivity index (χ4n) is 3.63. The van der Waals surface area contributed by atoms with E-state index in [0.29, 0.717) is 30.2 Å². The monoisotopic (exact) mass is 490 g/mol. The van der Waals surface area contributed by atoms with Crippen LogP contribution in [0.2, 0.25) is 15.1 Å². The highest BCUT2D eigenvalue weighted by molar-refractivity contribution is 7.89. The van der Waals surface area contributed by atoms with Gasteiger partial charge in [0.2, 0.25) is 15.9 Å². The van der Waals surface area contributed by atoms with Gasteiger partial charge in [0.15, 0.2) is 0 Å². The van der Waals surface area contributed by atoms with E-state index in [1.54, 1.807) is 24.3 Å². The van der Waals surface area contributed by atoms with Crippen molar-refractivity contribution in [3.63, 3.8) is 0 Å². The Morgan fingerprint density at radius 3 is 2.43 bits per heavy atom. The van der Waals surface area contributed by atoms with Crippen LogP contribution in [0.4, 0.5) is 0 Å².